The first-order valence-corrected chi connectivity index (χ1v) is 6.74. The Morgan fingerprint density at radius 3 is 3.05 bits per heavy atom. The monoisotopic (exact) mass is 271 g/mol. The summed E-state index contributed by atoms with van der Waals surface area (Å²) < 4.78 is 1.65. The van der Waals surface area contributed by atoms with Crippen LogP contribution in [0.5, 0.6) is 0 Å². The van der Waals surface area contributed by atoms with Crippen molar-refractivity contribution < 1.29 is 4.79 Å². The number of hydrogen-bond acceptors (Lipinski definition) is 4. The summed E-state index contributed by atoms with van der Waals surface area (Å²) in [5.74, 6) is 0.636. The van der Waals surface area contributed by atoms with Crippen molar-refractivity contribution in [2.75, 3.05) is 19.6 Å². The lowest BCUT2D eigenvalue weighted by molar-refractivity contribution is 0.0703. The summed E-state index contributed by atoms with van der Waals surface area (Å²) in [6.45, 7) is 4.34. The molecule has 1 atom stereocenters. The van der Waals surface area contributed by atoms with Crippen molar-refractivity contribution >= 4 is 5.91 Å². The highest BCUT2D eigenvalue weighted by Gasteiger charge is 2.22. The fourth-order valence-corrected chi connectivity index (χ4v) is 2.35. The molecule has 0 saturated carbocycles. The molecule has 6 heteroatoms. The minimum atomic E-state index is -0.0210. The van der Waals surface area contributed by atoms with E-state index in [2.05, 4.69) is 22.3 Å². The summed E-state index contributed by atoms with van der Waals surface area (Å²) in [6.07, 6.45) is 3.50. The van der Waals surface area contributed by atoms with E-state index in [9.17, 15) is 4.79 Å². The van der Waals surface area contributed by atoms with E-state index < -0.39 is 0 Å². The molecule has 1 N–H and O–H groups in total. The van der Waals surface area contributed by atoms with Gasteiger partial charge < -0.3 is 10.2 Å². The SMILES string of the molecule is C[C@H]1CN(C(=O)c2cccc(-n3cccn3)n2)CCN1. The summed E-state index contributed by atoms with van der Waals surface area (Å²) in [4.78, 5) is 18.7. The maximum absolute atomic E-state index is 12.5. The van der Waals surface area contributed by atoms with Crippen molar-refractivity contribution in [3.63, 3.8) is 0 Å². The third-order valence-corrected chi connectivity index (χ3v) is 3.35. The van der Waals surface area contributed by atoms with Gasteiger partial charge in [0, 0.05) is 38.1 Å². The molecule has 0 bridgehead atoms. The van der Waals surface area contributed by atoms with Crippen LogP contribution in [0.4, 0.5) is 0 Å². The zero-order chi connectivity index (χ0) is 13.9. The Morgan fingerprint density at radius 1 is 1.40 bits per heavy atom. The fraction of sp³-hybridized carbons (Fsp3) is 0.357. The molecule has 20 heavy (non-hydrogen) atoms. The first kappa shape index (κ1) is 12.8. The van der Waals surface area contributed by atoms with Gasteiger partial charge >= 0.3 is 0 Å². The van der Waals surface area contributed by atoms with Crippen LogP contribution < -0.4 is 5.32 Å². The Balaban J connectivity index is 1.83. The highest BCUT2D eigenvalue weighted by molar-refractivity contribution is 5.92. The predicted octanol–water partition coefficient (Wildman–Crippen LogP) is 0.701. The van der Waals surface area contributed by atoms with Crippen molar-refractivity contribution in [3.8, 4) is 5.82 Å². The minimum Gasteiger partial charge on any atom is -0.334 e. The molecule has 6 nitrogen and oxygen atoms in total. The summed E-state index contributed by atoms with van der Waals surface area (Å²) in [5, 5.41) is 7.45. The molecular formula is C14H17N5O. The number of rotatable bonds is 2. The first-order valence-electron chi connectivity index (χ1n) is 6.74. The number of carbonyl (C=O) groups excluding carboxylic acids is 1. The Bertz CT molecular complexity index is 595. The summed E-state index contributed by atoms with van der Waals surface area (Å²) in [6, 6.07) is 7.57. The molecule has 0 aliphatic carbocycles. The van der Waals surface area contributed by atoms with E-state index in [1.165, 1.54) is 0 Å². The van der Waals surface area contributed by atoms with Gasteiger partial charge in [-0.1, -0.05) is 6.07 Å². The zero-order valence-electron chi connectivity index (χ0n) is 11.4. The molecule has 1 aliphatic rings. The number of nitrogens with zero attached hydrogens (tertiary/aromatic N) is 4. The van der Waals surface area contributed by atoms with Crippen LogP contribution in [-0.2, 0) is 0 Å². The number of amides is 1. The number of hydrogen-bond donors (Lipinski definition) is 1. The van der Waals surface area contributed by atoms with E-state index in [1.807, 2.05) is 29.3 Å². The van der Waals surface area contributed by atoms with Gasteiger partial charge in [0.2, 0.25) is 0 Å². The largest absolute Gasteiger partial charge is 0.334 e. The Hall–Kier alpha value is -2.21. The lowest BCUT2D eigenvalue weighted by atomic mass is 10.2. The second-order valence-electron chi connectivity index (χ2n) is 4.94. The van der Waals surface area contributed by atoms with Crippen LogP contribution in [-0.4, -0.2) is 51.2 Å². The van der Waals surface area contributed by atoms with Gasteiger partial charge in [-0.05, 0) is 25.1 Å². The molecule has 3 heterocycles. The van der Waals surface area contributed by atoms with Gasteiger partial charge in [-0.2, -0.15) is 5.10 Å². The van der Waals surface area contributed by atoms with E-state index in [1.54, 1.807) is 16.9 Å². The minimum absolute atomic E-state index is 0.0210. The van der Waals surface area contributed by atoms with Crippen molar-refractivity contribution in [2.45, 2.75) is 13.0 Å². The van der Waals surface area contributed by atoms with Crippen LogP contribution in [0, 0.1) is 0 Å². The number of carbonyl (C=O) groups is 1. The first-order chi connectivity index (χ1) is 9.74. The molecule has 0 spiro atoms. The summed E-state index contributed by atoms with van der Waals surface area (Å²) in [7, 11) is 0. The third kappa shape index (κ3) is 2.55. The zero-order valence-corrected chi connectivity index (χ0v) is 11.4. The molecule has 3 rings (SSSR count). The van der Waals surface area contributed by atoms with E-state index in [0.717, 1.165) is 13.1 Å². The average Bonchev–Trinajstić information content (AvgIpc) is 3.01. The van der Waals surface area contributed by atoms with Gasteiger partial charge in [0.05, 0.1) is 0 Å². The van der Waals surface area contributed by atoms with Crippen LogP contribution in [0.25, 0.3) is 5.82 Å². The fourth-order valence-electron chi connectivity index (χ4n) is 2.35. The molecule has 1 aliphatic heterocycles. The van der Waals surface area contributed by atoms with Crippen molar-refractivity contribution in [3.05, 3.63) is 42.4 Å². The van der Waals surface area contributed by atoms with E-state index in [-0.39, 0.29) is 5.91 Å². The molecule has 0 unspecified atom stereocenters. The van der Waals surface area contributed by atoms with Crippen molar-refractivity contribution in [2.24, 2.45) is 0 Å². The van der Waals surface area contributed by atoms with Crippen LogP contribution >= 0.6 is 0 Å². The lowest BCUT2D eigenvalue weighted by Crippen LogP contribution is -2.51. The van der Waals surface area contributed by atoms with Crippen LogP contribution in [0.2, 0.25) is 0 Å². The Kier molecular flexibility index (Phi) is 3.47. The third-order valence-electron chi connectivity index (χ3n) is 3.35. The van der Waals surface area contributed by atoms with Crippen LogP contribution in [0.1, 0.15) is 17.4 Å². The standard InChI is InChI=1S/C14H17N5O/c1-11-10-18(9-7-15-11)14(20)12-4-2-5-13(17-12)19-8-3-6-16-19/h2-6,8,11,15H,7,9-10H2,1H3/t11-/m0/s1. The lowest BCUT2D eigenvalue weighted by Gasteiger charge is -2.31. The highest BCUT2D eigenvalue weighted by atomic mass is 16.2. The van der Waals surface area contributed by atoms with Gasteiger partial charge in [-0.3, -0.25) is 4.79 Å². The smallest absolute Gasteiger partial charge is 0.272 e. The van der Waals surface area contributed by atoms with Crippen LogP contribution in [0.3, 0.4) is 0 Å². The van der Waals surface area contributed by atoms with Crippen molar-refractivity contribution in [1.29, 1.82) is 0 Å². The number of aromatic nitrogens is 3. The van der Waals surface area contributed by atoms with E-state index >= 15 is 0 Å². The number of piperazine rings is 1. The average molecular weight is 271 g/mol. The molecule has 0 aromatic carbocycles. The van der Waals surface area contributed by atoms with Gasteiger partial charge in [-0.15, -0.1) is 0 Å². The Labute approximate surface area is 117 Å². The molecular weight excluding hydrogens is 254 g/mol. The summed E-state index contributed by atoms with van der Waals surface area (Å²) in [5.41, 5.74) is 0.465. The normalized spacial score (nSPS) is 19.1. The van der Waals surface area contributed by atoms with Crippen LogP contribution in [0.15, 0.2) is 36.7 Å². The van der Waals surface area contributed by atoms with Gasteiger partial charge in [-0.25, -0.2) is 9.67 Å². The van der Waals surface area contributed by atoms with Gasteiger partial charge in [0.1, 0.15) is 5.69 Å². The second kappa shape index (κ2) is 5.42. The van der Waals surface area contributed by atoms with E-state index in [0.29, 0.717) is 24.1 Å². The molecule has 2 aromatic heterocycles. The topological polar surface area (TPSA) is 63.1 Å². The highest BCUT2D eigenvalue weighted by Crippen LogP contribution is 2.09. The maximum Gasteiger partial charge on any atom is 0.272 e. The van der Waals surface area contributed by atoms with Gasteiger partial charge in [0.25, 0.3) is 5.91 Å². The van der Waals surface area contributed by atoms with E-state index in [4.69, 9.17) is 0 Å². The Morgan fingerprint density at radius 2 is 2.30 bits per heavy atom. The molecule has 1 fully saturated rings. The van der Waals surface area contributed by atoms with Crippen molar-refractivity contribution in [1.82, 2.24) is 25.0 Å². The molecule has 1 saturated heterocycles. The molecule has 2 aromatic rings. The van der Waals surface area contributed by atoms with Gasteiger partial charge in [0.15, 0.2) is 5.82 Å². The number of pyridine rings is 1. The number of nitrogens with one attached hydrogen (secondary N) is 1. The molecule has 1 amide bonds. The predicted molar refractivity (Wildman–Crippen MR) is 74.7 cm³/mol. The molecule has 0 radical (unpaired) electrons. The maximum atomic E-state index is 12.5. The summed E-state index contributed by atoms with van der Waals surface area (Å²) >= 11 is 0. The molecule has 104 valence electrons. The quantitative estimate of drug-likeness (QED) is 0.873. The second-order valence-corrected chi connectivity index (χ2v) is 4.94.